The number of sulfonamides is 1. The fourth-order valence-corrected chi connectivity index (χ4v) is 3.85. The van der Waals surface area contributed by atoms with Crippen LogP contribution in [-0.2, 0) is 10.0 Å². The highest BCUT2D eigenvalue weighted by atomic mass is 35.5. The first-order valence-corrected chi connectivity index (χ1v) is 9.23. The van der Waals surface area contributed by atoms with Gasteiger partial charge in [0.15, 0.2) is 0 Å². The smallest absolute Gasteiger partial charge is 0.257 e. The predicted molar refractivity (Wildman–Crippen MR) is 93.0 cm³/mol. The van der Waals surface area contributed by atoms with Gasteiger partial charge in [-0.1, -0.05) is 37.0 Å². The van der Waals surface area contributed by atoms with E-state index in [1.54, 1.807) is 0 Å². The second kappa shape index (κ2) is 7.52. The molecule has 0 aliphatic rings. The van der Waals surface area contributed by atoms with Gasteiger partial charge in [-0.25, -0.2) is 13.1 Å². The Labute approximate surface area is 149 Å². The third-order valence-electron chi connectivity index (χ3n) is 2.99. The summed E-state index contributed by atoms with van der Waals surface area (Å²) in [4.78, 5) is 12.1. The van der Waals surface area contributed by atoms with Crippen molar-refractivity contribution in [3.8, 4) is 0 Å². The first kappa shape index (κ1) is 18.7. The van der Waals surface area contributed by atoms with Crippen molar-refractivity contribution in [1.29, 1.82) is 0 Å². The van der Waals surface area contributed by atoms with E-state index in [4.69, 9.17) is 23.2 Å². The summed E-state index contributed by atoms with van der Waals surface area (Å²) in [5, 5.41) is 8.79. The maximum Gasteiger partial charge on any atom is 0.257 e. The molecule has 0 atom stereocenters. The highest BCUT2D eigenvalue weighted by molar-refractivity contribution is 7.89. The molecule has 24 heavy (non-hydrogen) atoms. The lowest BCUT2D eigenvalue weighted by Gasteiger charge is -2.12. The third kappa shape index (κ3) is 4.47. The van der Waals surface area contributed by atoms with Crippen LogP contribution in [0, 0.1) is 5.92 Å². The Bertz CT molecular complexity index is 836. The number of benzene rings is 1. The van der Waals surface area contributed by atoms with Gasteiger partial charge in [0.2, 0.25) is 10.0 Å². The molecule has 1 heterocycles. The van der Waals surface area contributed by atoms with Crippen LogP contribution in [0.2, 0.25) is 10.0 Å². The van der Waals surface area contributed by atoms with Crippen LogP contribution in [0.5, 0.6) is 0 Å². The number of hydrogen-bond acceptors (Lipinski definition) is 4. The first-order chi connectivity index (χ1) is 11.2. The van der Waals surface area contributed by atoms with Crippen molar-refractivity contribution >= 4 is 44.8 Å². The number of carbonyl (C=O) groups excluding carboxylic acids is 1. The maximum atomic E-state index is 12.4. The summed E-state index contributed by atoms with van der Waals surface area (Å²) in [6.45, 7) is 3.99. The van der Waals surface area contributed by atoms with Gasteiger partial charge in [-0.3, -0.25) is 9.89 Å². The quantitative estimate of drug-likeness (QED) is 0.704. The normalized spacial score (nSPS) is 11.7. The largest absolute Gasteiger partial charge is 0.319 e. The topological polar surface area (TPSA) is 104 Å². The molecule has 7 nitrogen and oxygen atoms in total. The van der Waals surface area contributed by atoms with E-state index in [9.17, 15) is 13.2 Å². The molecule has 1 amide bonds. The lowest BCUT2D eigenvalue weighted by atomic mass is 10.2. The summed E-state index contributed by atoms with van der Waals surface area (Å²) in [7, 11) is -3.86. The van der Waals surface area contributed by atoms with Crippen LogP contribution in [0.25, 0.3) is 0 Å². The number of amides is 1. The van der Waals surface area contributed by atoms with Crippen molar-refractivity contribution in [2.45, 2.75) is 18.7 Å². The molecule has 0 radical (unpaired) electrons. The molecule has 0 aliphatic heterocycles. The fraction of sp³-hybridized carbons (Fsp3) is 0.286. The lowest BCUT2D eigenvalue weighted by Crippen LogP contribution is -2.28. The number of rotatable bonds is 6. The molecule has 2 rings (SSSR count). The average Bonchev–Trinajstić information content (AvgIpc) is 2.97. The van der Waals surface area contributed by atoms with E-state index in [1.165, 1.54) is 18.5 Å². The molecule has 1 aromatic heterocycles. The number of carbonyl (C=O) groups is 1. The molecular formula is C14H16Cl2N4O3S. The molecule has 0 fully saturated rings. The fourth-order valence-electron chi connectivity index (χ4n) is 1.78. The number of aromatic amines is 1. The average molecular weight is 391 g/mol. The predicted octanol–water partition coefficient (Wildman–Crippen LogP) is 2.90. The van der Waals surface area contributed by atoms with Crippen LogP contribution in [0.15, 0.2) is 29.4 Å². The number of H-pyrrole nitrogens is 1. The van der Waals surface area contributed by atoms with E-state index in [2.05, 4.69) is 20.2 Å². The Kier molecular flexibility index (Phi) is 5.87. The molecule has 10 heteroatoms. The van der Waals surface area contributed by atoms with Gasteiger partial charge in [0, 0.05) is 12.7 Å². The lowest BCUT2D eigenvalue weighted by molar-refractivity contribution is 0.102. The maximum absolute atomic E-state index is 12.4. The van der Waals surface area contributed by atoms with Gasteiger partial charge < -0.3 is 5.32 Å². The van der Waals surface area contributed by atoms with Gasteiger partial charge >= 0.3 is 0 Å². The van der Waals surface area contributed by atoms with Crippen LogP contribution in [0.1, 0.15) is 24.2 Å². The first-order valence-electron chi connectivity index (χ1n) is 6.99. The van der Waals surface area contributed by atoms with E-state index in [0.29, 0.717) is 5.69 Å². The van der Waals surface area contributed by atoms with Crippen molar-refractivity contribution in [1.82, 2.24) is 14.9 Å². The zero-order valence-corrected chi connectivity index (χ0v) is 15.3. The molecule has 1 aromatic carbocycles. The van der Waals surface area contributed by atoms with E-state index < -0.39 is 15.9 Å². The SMILES string of the molecule is CC(C)CNS(=O)(=O)c1cc(C(=O)Nc2cn[nH]c2)c(Cl)cc1Cl. The number of nitrogens with zero attached hydrogens (tertiary/aromatic N) is 1. The van der Waals surface area contributed by atoms with Gasteiger partial charge in [0.1, 0.15) is 4.90 Å². The zero-order valence-electron chi connectivity index (χ0n) is 12.9. The Morgan fingerprint density at radius 3 is 2.58 bits per heavy atom. The summed E-state index contributed by atoms with van der Waals surface area (Å²) in [6, 6.07) is 2.39. The summed E-state index contributed by atoms with van der Waals surface area (Å²) >= 11 is 12.0. The number of hydrogen-bond donors (Lipinski definition) is 3. The van der Waals surface area contributed by atoms with Gasteiger partial charge in [-0.2, -0.15) is 5.10 Å². The highest BCUT2D eigenvalue weighted by Crippen LogP contribution is 2.29. The standard InChI is InChI=1S/C14H16Cl2N4O3S/c1-8(2)5-19-24(22,23)13-3-10(11(15)4-12(13)16)14(21)20-9-6-17-18-7-9/h3-4,6-8,19H,5H2,1-2H3,(H,17,18)(H,20,21). The number of halogens is 2. The van der Waals surface area contributed by atoms with Gasteiger partial charge in [-0.15, -0.1) is 0 Å². The van der Waals surface area contributed by atoms with Gasteiger partial charge in [-0.05, 0) is 18.1 Å². The summed E-state index contributed by atoms with van der Waals surface area (Å²) in [6.07, 6.45) is 2.88. The second-order valence-electron chi connectivity index (χ2n) is 5.45. The molecule has 0 unspecified atom stereocenters. The van der Waals surface area contributed by atoms with Gasteiger partial charge in [0.25, 0.3) is 5.91 Å². The van der Waals surface area contributed by atoms with Crippen molar-refractivity contribution in [2.24, 2.45) is 5.92 Å². The van der Waals surface area contributed by atoms with Gasteiger partial charge in [0.05, 0.1) is 27.5 Å². The van der Waals surface area contributed by atoms with Crippen LogP contribution < -0.4 is 10.0 Å². The van der Waals surface area contributed by atoms with Crippen LogP contribution >= 0.6 is 23.2 Å². The number of aromatic nitrogens is 2. The summed E-state index contributed by atoms with van der Waals surface area (Å²) in [5.41, 5.74) is 0.417. The minimum absolute atomic E-state index is 0.00723. The van der Waals surface area contributed by atoms with Crippen molar-refractivity contribution < 1.29 is 13.2 Å². The van der Waals surface area contributed by atoms with E-state index >= 15 is 0 Å². The van der Waals surface area contributed by atoms with Crippen LogP contribution in [-0.4, -0.2) is 31.1 Å². The van der Waals surface area contributed by atoms with Crippen molar-refractivity contribution in [3.05, 3.63) is 40.1 Å². The Balaban J connectivity index is 2.35. The molecular weight excluding hydrogens is 375 g/mol. The molecule has 0 bridgehead atoms. The third-order valence-corrected chi connectivity index (χ3v) is 5.19. The Hall–Kier alpha value is -1.61. The Morgan fingerprint density at radius 1 is 1.29 bits per heavy atom. The van der Waals surface area contributed by atoms with Crippen molar-refractivity contribution in [3.63, 3.8) is 0 Å². The van der Waals surface area contributed by atoms with E-state index in [1.807, 2.05) is 13.8 Å². The number of nitrogens with one attached hydrogen (secondary N) is 3. The summed E-state index contributed by atoms with van der Waals surface area (Å²) < 4.78 is 27.2. The van der Waals surface area contributed by atoms with Crippen LogP contribution in [0.3, 0.4) is 0 Å². The van der Waals surface area contributed by atoms with E-state index in [-0.39, 0.29) is 33.0 Å². The molecule has 3 N–H and O–H groups in total. The van der Waals surface area contributed by atoms with Crippen molar-refractivity contribution in [2.75, 3.05) is 11.9 Å². The second-order valence-corrected chi connectivity index (χ2v) is 8.00. The summed E-state index contributed by atoms with van der Waals surface area (Å²) in [5.74, 6) is -0.451. The van der Waals surface area contributed by atoms with E-state index in [0.717, 1.165) is 6.07 Å². The molecule has 0 saturated carbocycles. The molecule has 130 valence electrons. The molecule has 2 aromatic rings. The zero-order chi connectivity index (χ0) is 17.9. The minimum Gasteiger partial charge on any atom is -0.319 e. The highest BCUT2D eigenvalue weighted by Gasteiger charge is 2.23. The Morgan fingerprint density at radius 2 is 2.00 bits per heavy atom. The number of anilines is 1. The van der Waals surface area contributed by atoms with Crippen LogP contribution in [0.4, 0.5) is 5.69 Å². The minimum atomic E-state index is -3.86. The molecule has 0 spiro atoms. The molecule has 0 aliphatic carbocycles. The molecule has 0 saturated heterocycles. The monoisotopic (exact) mass is 390 g/mol.